The minimum atomic E-state index is 0.750. The van der Waals surface area contributed by atoms with Gasteiger partial charge >= 0.3 is 0 Å². The van der Waals surface area contributed by atoms with Crippen molar-refractivity contribution in [3.05, 3.63) is 34.9 Å². The van der Waals surface area contributed by atoms with Crippen molar-refractivity contribution < 1.29 is 0 Å². The zero-order valence-electron chi connectivity index (χ0n) is 10.6. The van der Waals surface area contributed by atoms with Gasteiger partial charge in [-0.3, -0.25) is 0 Å². The topological polar surface area (TPSA) is 26.0 Å². The van der Waals surface area contributed by atoms with E-state index in [9.17, 15) is 0 Å². The first-order valence-corrected chi connectivity index (χ1v) is 6.04. The smallest absolute Gasteiger partial charge is 0.0106 e. The summed E-state index contributed by atoms with van der Waals surface area (Å²) in [6.45, 7) is 9.36. The van der Waals surface area contributed by atoms with E-state index in [2.05, 4.69) is 39.0 Å². The summed E-state index contributed by atoms with van der Waals surface area (Å²) in [6, 6.07) is 6.67. The standard InChI is InChI=1S/C12H18.C2H7N/c1-4-10-8-7-9-11(5-2)12(10)6-3;1-2-3/h7-9H,4-6H2,1-3H3;2-3H2,1H3. The zero-order chi connectivity index (χ0) is 11.7. The second-order valence-corrected chi connectivity index (χ2v) is 3.52. The molecule has 2 N–H and O–H groups in total. The van der Waals surface area contributed by atoms with Crippen LogP contribution in [0.3, 0.4) is 0 Å². The van der Waals surface area contributed by atoms with E-state index in [1.165, 1.54) is 17.5 Å². The van der Waals surface area contributed by atoms with E-state index < -0.39 is 0 Å². The minimum Gasteiger partial charge on any atom is -0.331 e. The maximum absolute atomic E-state index is 4.85. The molecule has 0 aliphatic heterocycles. The van der Waals surface area contributed by atoms with Gasteiger partial charge in [-0.25, -0.2) is 0 Å². The van der Waals surface area contributed by atoms with Crippen molar-refractivity contribution >= 4 is 0 Å². The average Bonchev–Trinajstić information content (AvgIpc) is 2.28. The second-order valence-electron chi connectivity index (χ2n) is 3.52. The molecule has 0 saturated carbocycles. The van der Waals surface area contributed by atoms with Crippen LogP contribution in [0.25, 0.3) is 0 Å². The molecule has 1 nitrogen and oxygen atoms in total. The molecule has 0 aliphatic carbocycles. The van der Waals surface area contributed by atoms with Crippen LogP contribution in [0, 0.1) is 0 Å². The van der Waals surface area contributed by atoms with Crippen molar-refractivity contribution in [3.63, 3.8) is 0 Å². The van der Waals surface area contributed by atoms with Crippen LogP contribution in [-0.2, 0) is 19.3 Å². The van der Waals surface area contributed by atoms with Crippen LogP contribution in [0.1, 0.15) is 44.4 Å². The third-order valence-corrected chi connectivity index (χ3v) is 2.49. The van der Waals surface area contributed by atoms with Crippen molar-refractivity contribution in [2.24, 2.45) is 5.73 Å². The fraction of sp³-hybridized carbons (Fsp3) is 0.571. The van der Waals surface area contributed by atoms with Crippen LogP contribution < -0.4 is 5.73 Å². The lowest BCUT2D eigenvalue weighted by molar-refractivity contribution is 0.981. The van der Waals surface area contributed by atoms with Gasteiger partial charge in [-0.2, -0.15) is 0 Å². The highest BCUT2D eigenvalue weighted by Crippen LogP contribution is 2.16. The quantitative estimate of drug-likeness (QED) is 0.808. The van der Waals surface area contributed by atoms with Crippen LogP contribution >= 0.6 is 0 Å². The fourth-order valence-corrected chi connectivity index (χ4v) is 1.80. The summed E-state index contributed by atoms with van der Waals surface area (Å²) in [5.74, 6) is 0. The molecule has 0 radical (unpaired) electrons. The lowest BCUT2D eigenvalue weighted by Crippen LogP contribution is -1.96. The molecule has 1 heteroatoms. The van der Waals surface area contributed by atoms with Crippen LogP contribution in [-0.4, -0.2) is 6.54 Å². The zero-order valence-corrected chi connectivity index (χ0v) is 10.6. The lowest BCUT2D eigenvalue weighted by atomic mass is 9.96. The monoisotopic (exact) mass is 207 g/mol. The minimum absolute atomic E-state index is 0.750. The first kappa shape index (κ1) is 14.2. The van der Waals surface area contributed by atoms with Gasteiger partial charge in [-0.15, -0.1) is 0 Å². The van der Waals surface area contributed by atoms with Gasteiger partial charge in [0.2, 0.25) is 0 Å². The van der Waals surface area contributed by atoms with Gasteiger partial charge in [0.1, 0.15) is 0 Å². The Kier molecular flexibility index (Phi) is 8.02. The molecular formula is C14H25N. The number of rotatable bonds is 3. The Morgan fingerprint density at radius 3 is 1.53 bits per heavy atom. The second kappa shape index (κ2) is 8.49. The largest absolute Gasteiger partial charge is 0.331 e. The molecule has 0 spiro atoms. The van der Waals surface area contributed by atoms with E-state index >= 15 is 0 Å². The molecule has 15 heavy (non-hydrogen) atoms. The Morgan fingerprint density at radius 1 is 0.867 bits per heavy atom. The maximum Gasteiger partial charge on any atom is -0.0106 e. The third-order valence-electron chi connectivity index (χ3n) is 2.49. The molecule has 0 atom stereocenters. The molecule has 1 aromatic rings. The molecular weight excluding hydrogens is 182 g/mol. The number of hydrogen-bond acceptors (Lipinski definition) is 1. The van der Waals surface area contributed by atoms with Crippen LogP contribution in [0.2, 0.25) is 0 Å². The van der Waals surface area contributed by atoms with Gasteiger partial charge < -0.3 is 5.73 Å². The van der Waals surface area contributed by atoms with E-state index in [1.807, 2.05) is 6.92 Å². The predicted octanol–water partition coefficient (Wildman–Crippen LogP) is 3.34. The predicted molar refractivity (Wildman–Crippen MR) is 69.3 cm³/mol. The molecule has 0 aromatic heterocycles. The Balaban J connectivity index is 0.000000583. The van der Waals surface area contributed by atoms with E-state index in [0.29, 0.717) is 0 Å². The average molecular weight is 207 g/mol. The highest BCUT2D eigenvalue weighted by molar-refractivity contribution is 5.35. The molecule has 86 valence electrons. The summed E-state index contributed by atoms with van der Waals surface area (Å²) >= 11 is 0. The van der Waals surface area contributed by atoms with Crippen LogP contribution in [0.15, 0.2) is 18.2 Å². The van der Waals surface area contributed by atoms with Crippen molar-refractivity contribution in [2.75, 3.05) is 6.54 Å². The molecule has 0 aliphatic rings. The molecule has 0 heterocycles. The first-order valence-electron chi connectivity index (χ1n) is 6.04. The van der Waals surface area contributed by atoms with Crippen molar-refractivity contribution in [1.82, 2.24) is 0 Å². The summed E-state index contributed by atoms with van der Waals surface area (Å²) in [7, 11) is 0. The fourth-order valence-electron chi connectivity index (χ4n) is 1.80. The molecule has 0 saturated heterocycles. The third kappa shape index (κ3) is 4.48. The van der Waals surface area contributed by atoms with Gasteiger partial charge in [0.15, 0.2) is 0 Å². The summed E-state index contributed by atoms with van der Waals surface area (Å²) in [5, 5.41) is 0. The van der Waals surface area contributed by atoms with Crippen molar-refractivity contribution in [2.45, 2.75) is 47.0 Å². The van der Waals surface area contributed by atoms with E-state index in [4.69, 9.17) is 5.73 Å². The molecule has 0 unspecified atom stereocenters. The number of hydrogen-bond donors (Lipinski definition) is 1. The Labute approximate surface area is 94.7 Å². The molecule has 1 aromatic carbocycles. The van der Waals surface area contributed by atoms with Crippen molar-refractivity contribution in [1.29, 1.82) is 0 Å². The van der Waals surface area contributed by atoms with Crippen molar-refractivity contribution in [3.8, 4) is 0 Å². The normalized spacial score (nSPS) is 9.40. The van der Waals surface area contributed by atoms with Gasteiger partial charge in [0.25, 0.3) is 0 Å². The van der Waals surface area contributed by atoms with Gasteiger partial charge in [0.05, 0.1) is 0 Å². The Bertz CT molecular complexity index is 244. The summed E-state index contributed by atoms with van der Waals surface area (Å²) < 4.78 is 0. The molecule has 0 fully saturated rings. The maximum atomic E-state index is 4.85. The van der Waals surface area contributed by atoms with E-state index in [-0.39, 0.29) is 0 Å². The number of benzene rings is 1. The molecule has 0 amide bonds. The van der Waals surface area contributed by atoms with E-state index in [1.54, 1.807) is 5.56 Å². The van der Waals surface area contributed by atoms with Gasteiger partial charge in [0, 0.05) is 0 Å². The summed E-state index contributed by atoms with van der Waals surface area (Å²) in [6.07, 6.45) is 3.50. The number of aryl methyl sites for hydroxylation is 2. The Morgan fingerprint density at radius 2 is 1.27 bits per heavy atom. The highest BCUT2D eigenvalue weighted by atomic mass is 14.5. The Hall–Kier alpha value is -0.820. The van der Waals surface area contributed by atoms with Crippen LogP contribution in [0.4, 0.5) is 0 Å². The SMILES string of the molecule is CCN.CCc1cccc(CC)c1CC. The van der Waals surface area contributed by atoms with Crippen LogP contribution in [0.5, 0.6) is 0 Å². The molecule has 0 bridgehead atoms. The highest BCUT2D eigenvalue weighted by Gasteiger charge is 2.02. The molecule has 1 rings (SSSR count). The first-order chi connectivity index (χ1) is 7.24. The number of nitrogens with two attached hydrogens (primary N) is 1. The van der Waals surface area contributed by atoms with Gasteiger partial charge in [-0.1, -0.05) is 45.9 Å². The van der Waals surface area contributed by atoms with Gasteiger partial charge in [-0.05, 0) is 42.5 Å². The summed E-state index contributed by atoms with van der Waals surface area (Å²) in [5.41, 5.74) is 9.47. The van der Waals surface area contributed by atoms with E-state index in [0.717, 1.165) is 19.4 Å². The lowest BCUT2D eigenvalue weighted by Gasteiger charge is -2.10. The summed E-state index contributed by atoms with van der Waals surface area (Å²) in [4.78, 5) is 0.